The van der Waals surface area contributed by atoms with Gasteiger partial charge in [-0.05, 0) is 35.4 Å². The predicted octanol–water partition coefficient (Wildman–Crippen LogP) is 4.30. The van der Waals surface area contributed by atoms with Crippen LogP contribution in [0.15, 0.2) is 51.4 Å². The number of halogens is 2. The Morgan fingerprint density at radius 3 is 2.50 bits per heavy atom. The topological polar surface area (TPSA) is 29.5 Å². The fourth-order valence-electron chi connectivity index (χ4n) is 1.71. The summed E-state index contributed by atoms with van der Waals surface area (Å²) in [6.45, 7) is 0. The van der Waals surface area contributed by atoms with Crippen molar-refractivity contribution in [1.82, 2.24) is 0 Å². The van der Waals surface area contributed by atoms with Gasteiger partial charge in [-0.25, -0.2) is 0 Å². The molecule has 94 valence electrons. The first-order valence-electron chi connectivity index (χ1n) is 5.39. The molecule has 1 atom stereocenters. The summed E-state index contributed by atoms with van der Waals surface area (Å²) in [6.07, 6.45) is -0.664. The second kappa shape index (κ2) is 5.87. The van der Waals surface area contributed by atoms with Gasteiger partial charge in [-0.1, -0.05) is 50.1 Å². The first-order valence-corrected chi connectivity index (χ1v) is 6.97. The Balaban J connectivity index is 2.37. The largest absolute Gasteiger partial charge is 0.497 e. The average Bonchev–Trinajstić information content (AvgIpc) is 2.37. The van der Waals surface area contributed by atoms with E-state index in [2.05, 4.69) is 31.9 Å². The number of benzene rings is 2. The smallest absolute Gasteiger partial charge is 0.120 e. The fraction of sp³-hybridized carbons (Fsp3) is 0.143. The maximum absolute atomic E-state index is 10.4. The third-order valence-corrected chi connectivity index (χ3v) is 3.85. The third kappa shape index (κ3) is 2.94. The lowest BCUT2D eigenvalue weighted by atomic mass is 10.0. The molecule has 0 fully saturated rings. The average molecular weight is 372 g/mol. The standard InChI is InChI=1S/C14H12Br2O2/c1-18-11-5-6-12(13(16)8-11)14(17)9-3-2-4-10(15)7-9/h2-8,14,17H,1H3. The lowest BCUT2D eigenvalue weighted by molar-refractivity contribution is 0.219. The molecule has 0 saturated heterocycles. The molecule has 4 heteroatoms. The van der Waals surface area contributed by atoms with Gasteiger partial charge in [-0.15, -0.1) is 0 Å². The summed E-state index contributed by atoms with van der Waals surface area (Å²) < 4.78 is 6.91. The maximum Gasteiger partial charge on any atom is 0.120 e. The highest BCUT2D eigenvalue weighted by molar-refractivity contribution is 9.10. The van der Waals surface area contributed by atoms with Crippen molar-refractivity contribution in [2.75, 3.05) is 7.11 Å². The first kappa shape index (κ1) is 13.6. The Hall–Kier alpha value is -0.840. The number of methoxy groups -OCH3 is 1. The molecule has 0 spiro atoms. The Kier molecular flexibility index (Phi) is 4.43. The highest BCUT2D eigenvalue weighted by atomic mass is 79.9. The van der Waals surface area contributed by atoms with Crippen molar-refractivity contribution >= 4 is 31.9 Å². The zero-order valence-corrected chi connectivity index (χ0v) is 12.9. The van der Waals surface area contributed by atoms with Gasteiger partial charge in [0.2, 0.25) is 0 Å². The van der Waals surface area contributed by atoms with Crippen LogP contribution in [0.25, 0.3) is 0 Å². The molecule has 1 unspecified atom stereocenters. The van der Waals surface area contributed by atoms with E-state index in [4.69, 9.17) is 4.74 Å². The Bertz CT molecular complexity index is 555. The minimum Gasteiger partial charge on any atom is -0.497 e. The maximum atomic E-state index is 10.4. The number of hydrogen-bond donors (Lipinski definition) is 1. The number of aliphatic hydroxyl groups excluding tert-OH is 1. The van der Waals surface area contributed by atoms with Gasteiger partial charge in [0, 0.05) is 8.95 Å². The van der Waals surface area contributed by atoms with Crippen LogP contribution < -0.4 is 4.74 Å². The minimum absolute atomic E-state index is 0.664. The van der Waals surface area contributed by atoms with E-state index in [0.717, 1.165) is 25.8 Å². The van der Waals surface area contributed by atoms with Crippen LogP contribution in [0.5, 0.6) is 5.75 Å². The van der Waals surface area contributed by atoms with Crippen molar-refractivity contribution in [3.8, 4) is 5.75 Å². The molecule has 0 amide bonds. The molecule has 1 N–H and O–H groups in total. The Labute approximate surface area is 123 Å². The van der Waals surface area contributed by atoms with E-state index in [-0.39, 0.29) is 0 Å². The SMILES string of the molecule is COc1ccc(C(O)c2cccc(Br)c2)c(Br)c1. The molecule has 18 heavy (non-hydrogen) atoms. The number of ether oxygens (including phenoxy) is 1. The minimum atomic E-state index is -0.664. The van der Waals surface area contributed by atoms with E-state index >= 15 is 0 Å². The summed E-state index contributed by atoms with van der Waals surface area (Å²) >= 11 is 6.85. The van der Waals surface area contributed by atoms with Crippen molar-refractivity contribution in [1.29, 1.82) is 0 Å². The number of rotatable bonds is 3. The van der Waals surface area contributed by atoms with Gasteiger partial charge in [-0.2, -0.15) is 0 Å². The molecule has 0 radical (unpaired) electrons. The molecule has 0 aliphatic carbocycles. The quantitative estimate of drug-likeness (QED) is 0.871. The van der Waals surface area contributed by atoms with Gasteiger partial charge in [-0.3, -0.25) is 0 Å². The molecule has 2 aromatic carbocycles. The second-order valence-electron chi connectivity index (χ2n) is 3.84. The van der Waals surface area contributed by atoms with Crippen molar-refractivity contribution in [3.63, 3.8) is 0 Å². The van der Waals surface area contributed by atoms with E-state index in [1.807, 2.05) is 42.5 Å². The summed E-state index contributed by atoms with van der Waals surface area (Å²) in [7, 11) is 1.62. The Morgan fingerprint density at radius 2 is 1.89 bits per heavy atom. The van der Waals surface area contributed by atoms with Gasteiger partial charge in [0.25, 0.3) is 0 Å². The van der Waals surface area contributed by atoms with Crippen molar-refractivity contribution in [2.24, 2.45) is 0 Å². The number of aliphatic hydroxyl groups is 1. The molecule has 0 heterocycles. The molecule has 2 nitrogen and oxygen atoms in total. The lowest BCUT2D eigenvalue weighted by Gasteiger charge is -2.14. The zero-order chi connectivity index (χ0) is 13.1. The van der Waals surface area contributed by atoms with Crippen molar-refractivity contribution in [2.45, 2.75) is 6.10 Å². The van der Waals surface area contributed by atoms with E-state index in [0.29, 0.717) is 0 Å². The van der Waals surface area contributed by atoms with Crippen LogP contribution in [-0.4, -0.2) is 12.2 Å². The van der Waals surface area contributed by atoms with Crippen LogP contribution in [0.1, 0.15) is 17.2 Å². The monoisotopic (exact) mass is 370 g/mol. The number of hydrogen-bond acceptors (Lipinski definition) is 2. The van der Waals surface area contributed by atoms with E-state index in [1.165, 1.54) is 0 Å². The van der Waals surface area contributed by atoms with Crippen LogP contribution in [0.2, 0.25) is 0 Å². The van der Waals surface area contributed by atoms with Gasteiger partial charge >= 0.3 is 0 Å². The van der Waals surface area contributed by atoms with E-state index < -0.39 is 6.10 Å². The molecule has 2 rings (SSSR count). The normalized spacial score (nSPS) is 12.2. The van der Waals surface area contributed by atoms with Crippen molar-refractivity contribution < 1.29 is 9.84 Å². The molecular formula is C14H12Br2O2. The zero-order valence-electron chi connectivity index (χ0n) is 9.73. The summed E-state index contributed by atoms with van der Waals surface area (Å²) in [5.41, 5.74) is 1.66. The fourth-order valence-corrected chi connectivity index (χ4v) is 2.70. The summed E-state index contributed by atoms with van der Waals surface area (Å²) in [6, 6.07) is 13.2. The van der Waals surface area contributed by atoms with Crippen LogP contribution in [0, 0.1) is 0 Å². The van der Waals surface area contributed by atoms with Gasteiger partial charge in [0.1, 0.15) is 11.9 Å². The van der Waals surface area contributed by atoms with Crippen LogP contribution in [-0.2, 0) is 0 Å². The molecule has 0 aliphatic rings. The van der Waals surface area contributed by atoms with Crippen LogP contribution in [0.4, 0.5) is 0 Å². The summed E-state index contributed by atoms with van der Waals surface area (Å²) in [4.78, 5) is 0. The molecule has 0 bridgehead atoms. The van der Waals surface area contributed by atoms with E-state index in [9.17, 15) is 5.11 Å². The molecular weight excluding hydrogens is 360 g/mol. The lowest BCUT2D eigenvalue weighted by Crippen LogP contribution is -2.00. The first-order chi connectivity index (χ1) is 8.61. The van der Waals surface area contributed by atoms with Gasteiger partial charge in [0.05, 0.1) is 7.11 Å². The molecule has 0 aromatic heterocycles. The second-order valence-corrected chi connectivity index (χ2v) is 5.61. The highest BCUT2D eigenvalue weighted by Crippen LogP contribution is 2.32. The van der Waals surface area contributed by atoms with Crippen LogP contribution >= 0.6 is 31.9 Å². The Morgan fingerprint density at radius 1 is 1.11 bits per heavy atom. The highest BCUT2D eigenvalue weighted by Gasteiger charge is 2.14. The third-order valence-electron chi connectivity index (χ3n) is 2.67. The molecule has 2 aromatic rings. The van der Waals surface area contributed by atoms with Crippen molar-refractivity contribution in [3.05, 3.63) is 62.5 Å². The molecule has 0 aliphatic heterocycles. The predicted molar refractivity (Wildman–Crippen MR) is 78.9 cm³/mol. The van der Waals surface area contributed by atoms with Crippen LogP contribution in [0.3, 0.4) is 0 Å². The van der Waals surface area contributed by atoms with E-state index in [1.54, 1.807) is 7.11 Å². The van der Waals surface area contributed by atoms with Gasteiger partial charge in [0.15, 0.2) is 0 Å². The summed E-state index contributed by atoms with van der Waals surface area (Å²) in [5, 5.41) is 10.4. The summed E-state index contributed by atoms with van der Waals surface area (Å²) in [5.74, 6) is 0.757. The van der Waals surface area contributed by atoms with Gasteiger partial charge < -0.3 is 9.84 Å². The molecule has 0 saturated carbocycles.